The zero-order valence-electron chi connectivity index (χ0n) is 12.2. The first-order chi connectivity index (χ1) is 9.28. The molecule has 1 N–H and O–H groups in total. The summed E-state index contributed by atoms with van der Waals surface area (Å²) in [6.45, 7) is 8.28. The van der Waals surface area contributed by atoms with Crippen molar-refractivity contribution >= 4 is 0 Å². The molecule has 0 spiro atoms. The molecular formula is C16H26N2O. The number of ether oxygens (including phenoxy) is 1. The molecule has 1 aromatic carbocycles. The van der Waals surface area contributed by atoms with Crippen molar-refractivity contribution < 1.29 is 4.74 Å². The standard InChI is InChI=1S/C16H26N2O/c1-14(13-18-10-3-8-17-9-11-18)12-15-4-6-16(19-2)7-5-15/h4-7,14,17H,3,8-13H2,1-2H3. The fraction of sp³-hybridized carbons (Fsp3) is 0.625. The maximum atomic E-state index is 5.19. The molecular weight excluding hydrogens is 236 g/mol. The smallest absolute Gasteiger partial charge is 0.118 e. The number of nitrogens with zero attached hydrogens (tertiary/aromatic N) is 1. The van der Waals surface area contributed by atoms with Gasteiger partial charge in [0.15, 0.2) is 0 Å². The Balaban J connectivity index is 1.80. The van der Waals surface area contributed by atoms with E-state index in [-0.39, 0.29) is 0 Å². The monoisotopic (exact) mass is 262 g/mol. The first kappa shape index (κ1) is 14.4. The van der Waals surface area contributed by atoms with E-state index in [1.807, 2.05) is 0 Å². The lowest BCUT2D eigenvalue weighted by atomic mass is 10.0. The molecule has 3 nitrogen and oxygen atoms in total. The normalized spacial score (nSPS) is 18.8. The van der Waals surface area contributed by atoms with Gasteiger partial charge in [0.05, 0.1) is 7.11 Å². The van der Waals surface area contributed by atoms with Crippen molar-refractivity contribution in [3.05, 3.63) is 29.8 Å². The van der Waals surface area contributed by atoms with Crippen molar-refractivity contribution in [2.45, 2.75) is 19.8 Å². The lowest BCUT2D eigenvalue weighted by Gasteiger charge is -2.23. The third kappa shape index (κ3) is 4.84. The summed E-state index contributed by atoms with van der Waals surface area (Å²) >= 11 is 0. The fourth-order valence-electron chi connectivity index (χ4n) is 2.75. The van der Waals surface area contributed by atoms with Crippen LogP contribution in [0.5, 0.6) is 5.75 Å². The Hall–Kier alpha value is -1.06. The van der Waals surface area contributed by atoms with E-state index >= 15 is 0 Å². The molecule has 2 rings (SSSR count). The van der Waals surface area contributed by atoms with E-state index in [1.54, 1.807) is 7.11 Å². The maximum Gasteiger partial charge on any atom is 0.118 e. The SMILES string of the molecule is COc1ccc(CC(C)CN2CCCNCC2)cc1. The summed E-state index contributed by atoms with van der Waals surface area (Å²) in [6, 6.07) is 8.47. The Labute approximate surface area is 116 Å². The molecule has 1 fully saturated rings. The lowest BCUT2D eigenvalue weighted by molar-refractivity contribution is 0.251. The van der Waals surface area contributed by atoms with Crippen LogP contribution < -0.4 is 10.1 Å². The first-order valence-electron chi connectivity index (χ1n) is 7.34. The summed E-state index contributed by atoms with van der Waals surface area (Å²) in [5.41, 5.74) is 1.40. The van der Waals surface area contributed by atoms with Crippen molar-refractivity contribution in [1.82, 2.24) is 10.2 Å². The average Bonchev–Trinajstić information content (AvgIpc) is 2.68. The second kappa shape index (κ2) is 7.51. The van der Waals surface area contributed by atoms with Crippen molar-refractivity contribution in [3.63, 3.8) is 0 Å². The zero-order chi connectivity index (χ0) is 13.5. The van der Waals surface area contributed by atoms with Crippen LogP contribution in [-0.2, 0) is 6.42 Å². The van der Waals surface area contributed by atoms with Crippen LogP contribution in [0.3, 0.4) is 0 Å². The predicted octanol–water partition coefficient (Wildman–Crippen LogP) is 2.17. The summed E-state index contributed by atoms with van der Waals surface area (Å²) in [5, 5.41) is 3.46. The lowest BCUT2D eigenvalue weighted by Crippen LogP contribution is -2.32. The molecule has 0 aromatic heterocycles. The van der Waals surface area contributed by atoms with Gasteiger partial charge in [0, 0.05) is 19.6 Å². The number of benzene rings is 1. The van der Waals surface area contributed by atoms with E-state index in [0.717, 1.165) is 18.7 Å². The minimum absolute atomic E-state index is 0.700. The Morgan fingerprint density at radius 3 is 2.74 bits per heavy atom. The molecule has 1 aliphatic heterocycles. The van der Waals surface area contributed by atoms with E-state index in [9.17, 15) is 0 Å². The number of methoxy groups -OCH3 is 1. The predicted molar refractivity (Wildman–Crippen MR) is 79.8 cm³/mol. The molecule has 1 aromatic rings. The average molecular weight is 262 g/mol. The van der Waals surface area contributed by atoms with Crippen molar-refractivity contribution in [2.24, 2.45) is 5.92 Å². The topological polar surface area (TPSA) is 24.5 Å². The summed E-state index contributed by atoms with van der Waals surface area (Å²) in [7, 11) is 1.71. The summed E-state index contributed by atoms with van der Waals surface area (Å²) < 4.78 is 5.19. The first-order valence-corrected chi connectivity index (χ1v) is 7.34. The van der Waals surface area contributed by atoms with Crippen LogP contribution in [0.25, 0.3) is 0 Å². The highest BCUT2D eigenvalue weighted by atomic mass is 16.5. The number of hydrogen-bond donors (Lipinski definition) is 1. The van der Waals surface area contributed by atoms with E-state index in [4.69, 9.17) is 4.74 Å². The van der Waals surface area contributed by atoms with Gasteiger partial charge in [0.2, 0.25) is 0 Å². The third-order valence-electron chi connectivity index (χ3n) is 3.75. The Kier molecular flexibility index (Phi) is 5.67. The van der Waals surface area contributed by atoms with Gasteiger partial charge < -0.3 is 15.0 Å². The van der Waals surface area contributed by atoms with Crippen LogP contribution in [0, 0.1) is 5.92 Å². The van der Waals surface area contributed by atoms with Crippen molar-refractivity contribution in [3.8, 4) is 5.75 Å². The fourth-order valence-corrected chi connectivity index (χ4v) is 2.75. The Bertz CT molecular complexity index is 356. The van der Waals surface area contributed by atoms with Crippen LogP contribution in [0.15, 0.2) is 24.3 Å². The molecule has 106 valence electrons. The van der Waals surface area contributed by atoms with Crippen LogP contribution in [0.2, 0.25) is 0 Å². The van der Waals surface area contributed by atoms with Gasteiger partial charge >= 0.3 is 0 Å². The van der Waals surface area contributed by atoms with Crippen molar-refractivity contribution in [2.75, 3.05) is 39.8 Å². The zero-order valence-corrected chi connectivity index (χ0v) is 12.2. The Morgan fingerprint density at radius 1 is 1.21 bits per heavy atom. The molecule has 0 radical (unpaired) electrons. The second-order valence-electron chi connectivity index (χ2n) is 5.56. The molecule has 1 aliphatic rings. The molecule has 0 amide bonds. The van der Waals surface area contributed by atoms with Gasteiger partial charge in [-0.25, -0.2) is 0 Å². The molecule has 1 unspecified atom stereocenters. The highest BCUT2D eigenvalue weighted by Crippen LogP contribution is 2.15. The van der Waals surface area contributed by atoms with Gasteiger partial charge in [-0.15, -0.1) is 0 Å². The van der Waals surface area contributed by atoms with Crippen molar-refractivity contribution in [1.29, 1.82) is 0 Å². The third-order valence-corrected chi connectivity index (χ3v) is 3.75. The van der Waals surface area contributed by atoms with Gasteiger partial charge in [-0.1, -0.05) is 19.1 Å². The molecule has 1 atom stereocenters. The Morgan fingerprint density at radius 2 is 2.00 bits per heavy atom. The van der Waals surface area contributed by atoms with Crippen LogP contribution in [0.1, 0.15) is 18.9 Å². The summed E-state index contributed by atoms with van der Waals surface area (Å²) in [5.74, 6) is 1.64. The summed E-state index contributed by atoms with van der Waals surface area (Å²) in [4.78, 5) is 2.59. The van der Waals surface area contributed by atoms with Gasteiger partial charge in [-0.3, -0.25) is 0 Å². The number of hydrogen-bond acceptors (Lipinski definition) is 3. The summed E-state index contributed by atoms with van der Waals surface area (Å²) in [6.07, 6.45) is 2.42. The molecule has 3 heteroatoms. The molecule has 0 saturated carbocycles. The highest BCUT2D eigenvalue weighted by molar-refractivity contribution is 5.27. The van der Waals surface area contributed by atoms with E-state index in [2.05, 4.69) is 41.4 Å². The molecule has 1 saturated heterocycles. The van der Waals surface area contributed by atoms with Crippen LogP contribution in [0.4, 0.5) is 0 Å². The molecule has 1 heterocycles. The van der Waals surface area contributed by atoms with Gasteiger partial charge in [-0.05, 0) is 49.5 Å². The van der Waals surface area contributed by atoms with Crippen LogP contribution >= 0.6 is 0 Å². The number of rotatable bonds is 5. The minimum atomic E-state index is 0.700. The van der Waals surface area contributed by atoms with E-state index in [1.165, 1.54) is 38.2 Å². The second-order valence-corrected chi connectivity index (χ2v) is 5.56. The molecule has 19 heavy (non-hydrogen) atoms. The maximum absolute atomic E-state index is 5.19. The highest BCUT2D eigenvalue weighted by Gasteiger charge is 2.12. The van der Waals surface area contributed by atoms with Gasteiger partial charge in [-0.2, -0.15) is 0 Å². The van der Waals surface area contributed by atoms with Crippen LogP contribution in [-0.4, -0.2) is 44.7 Å². The van der Waals surface area contributed by atoms with Gasteiger partial charge in [0.1, 0.15) is 5.75 Å². The molecule has 0 bridgehead atoms. The molecule has 0 aliphatic carbocycles. The largest absolute Gasteiger partial charge is 0.497 e. The van der Waals surface area contributed by atoms with E-state index < -0.39 is 0 Å². The number of nitrogens with one attached hydrogen (secondary N) is 1. The van der Waals surface area contributed by atoms with Gasteiger partial charge in [0.25, 0.3) is 0 Å². The minimum Gasteiger partial charge on any atom is -0.497 e. The van der Waals surface area contributed by atoms with E-state index in [0.29, 0.717) is 5.92 Å². The quantitative estimate of drug-likeness (QED) is 0.880.